The van der Waals surface area contributed by atoms with Crippen LogP contribution in [0.2, 0.25) is 0 Å². The van der Waals surface area contributed by atoms with Crippen LogP contribution in [0.4, 0.5) is 15.0 Å². The summed E-state index contributed by atoms with van der Waals surface area (Å²) < 4.78 is 23.8. The third-order valence-corrected chi connectivity index (χ3v) is 4.52. The first kappa shape index (κ1) is 25.6. The van der Waals surface area contributed by atoms with Gasteiger partial charge in [0, 0.05) is 12.1 Å². The second-order valence-electron chi connectivity index (χ2n) is 8.78. The van der Waals surface area contributed by atoms with Gasteiger partial charge in [-0.3, -0.25) is 4.79 Å². The number of anilines is 1. The minimum absolute atomic E-state index is 0.123. The Hall–Kier alpha value is -3.98. The summed E-state index contributed by atoms with van der Waals surface area (Å²) in [6, 6.07) is 18.1. The molecule has 1 atom stereocenters. The molecule has 0 bridgehead atoms. The molecule has 0 radical (unpaired) electrons. The third kappa shape index (κ3) is 8.71. The van der Waals surface area contributed by atoms with Gasteiger partial charge >= 0.3 is 6.09 Å². The quantitative estimate of drug-likeness (QED) is 0.422. The van der Waals surface area contributed by atoms with Crippen molar-refractivity contribution in [3.63, 3.8) is 0 Å². The van der Waals surface area contributed by atoms with Crippen molar-refractivity contribution in [3.05, 3.63) is 72.5 Å². The van der Waals surface area contributed by atoms with Gasteiger partial charge in [0.25, 0.3) is 0 Å². The zero-order valence-electron chi connectivity index (χ0n) is 19.7. The molecule has 0 saturated heterocycles. The Bertz CT molecular complexity index is 1140. The minimum Gasteiger partial charge on any atom is -0.457 e. The van der Waals surface area contributed by atoms with Gasteiger partial charge in [0.05, 0.1) is 18.2 Å². The fraction of sp³-hybridized carbons (Fsp3) is 0.269. The number of nitrogens with one attached hydrogen (secondary N) is 2. The van der Waals surface area contributed by atoms with Crippen LogP contribution in [0, 0.1) is 5.82 Å². The number of pyridine rings is 1. The number of aliphatic hydroxyl groups excluding tert-OH is 1. The normalized spacial score (nSPS) is 11.9. The fourth-order valence-corrected chi connectivity index (χ4v) is 2.99. The number of aromatic nitrogens is 1. The lowest BCUT2D eigenvalue weighted by Crippen LogP contribution is -2.38. The predicted octanol–water partition coefficient (Wildman–Crippen LogP) is 4.89. The summed E-state index contributed by atoms with van der Waals surface area (Å²) in [5.74, 6) is 0.643. The molecule has 1 heterocycles. The van der Waals surface area contributed by atoms with E-state index >= 15 is 0 Å². The van der Waals surface area contributed by atoms with Crippen LogP contribution in [-0.2, 0) is 9.53 Å². The summed E-state index contributed by atoms with van der Waals surface area (Å²) >= 11 is 0. The number of nitrogens with zero attached hydrogens (tertiary/aromatic N) is 1. The predicted molar refractivity (Wildman–Crippen MR) is 130 cm³/mol. The second-order valence-corrected chi connectivity index (χ2v) is 8.78. The van der Waals surface area contributed by atoms with E-state index in [1.807, 2.05) is 12.1 Å². The van der Waals surface area contributed by atoms with E-state index in [0.717, 1.165) is 5.56 Å². The van der Waals surface area contributed by atoms with Crippen LogP contribution in [0.3, 0.4) is 0 Å². The zero-order chi connectivity index (χ0) is 25.4. The monoisotopic (exact) mass is 481 g/mol. The van der Waals surface area contributed by atoms with Crippen molar-refractivity contribution in [3.8, 4) is 22.8 Å². The lowest BCUT2D eigenvalue weighted by atomic mass is 10.1. The van der Waals surface area contributed by atoms with Crippen molar-refractivity contribution in [1.29, 1.82) is 0 Å². The van der Waals surface area contributed by atoms with E-state index in [-0.39, 0.29) is 18.8 Å². The molecule has 9 heteroatoms. The van der Waals surface area contributed by atoms with E-state index in [9.17, 15) is 19.1 Å². The van der Waals surface area contributed by atoms with E-state index in [4.69, 9.17) is 9.47 Å². The highest BCUT2D eigenvalue weighted by atomic mass is 19.1. The molecular weight excluding hydrogens is 453 g/mol. The fourth-order valence-electron chi connectivity index (χ4n) is 2.99. The summed E-state index contributed by atoms with van der Waals surface area (Å²) in [6.45, 7) is 5.07. The number of carbonyl (C=O) groups excluding carboxylic acids is 2. The van der Waals surface area contributed by atoms with E-state index in [1.165, 1.54) is 12.1 Å². The average Bonchev–Trinajstić information content (AvgIpc) is 2.79. The third-order valence-electron chi connectivity index (χ3n) is 4.52. The number of ether oxygens (including phenoxy) is 2. The minimum atomic E-state index is -1.08. The van der Waals surface area contributed by atoms with Crippen molar-refractivity contribution in [2.45, 2.75) is 38.9 Å². The van der Waals surface area contributed by atoms with Crippen LogP contribution in [0.1, 0.15) is 27.2 Å². The molecule has 35 heavy (non-hydrogen) atoms. The highest BCUT2D eigenvalue weighted by Gasteiger charge is 2.18. The summed E-state index contributed by atoms with van der Waals surface area (Å²) in [6.07, 6.45) is -1.98. The Balaban J connectivity index is 1.53. The van der Waals surface area contributed by atoms with E-state index in [1.54, 1.807) is 63.2 Å². The van der Waals surface area contributed by atoms with Gasteiger partial charge in [0.2, 0.25) is 5.91 Å². The molecule has 0 aliphatic carbocycles. The van der Waals surface area contributed by atoms with E-state index in [2.05, 4.69) is 15.6 Å². The maximum absolute atomic E-state index is 13.0. The lowest BCUT2D eigenvalue weighted by Gasteiger charge is -2.20. The SMILES string of the molecule is CC(C)(C)OC(=O)NC[C@H](O)CC(=O)Nc1cccc(-c2ccc(Oc3ccc(F)cc3)cc2)n1. The number of alkyl carbamates (subject to hydrolysis) is 1. The van der Waals surface area contributed by atoms with Gasteiger partial charge in [-0.25, -0.2) is 14.2 Å². The average molecular weight is 482 g/mol. The smallest absolute Gasteiger partial charge is 0.407 e. The Morgan fingerprint density at radius 1 is 1.00 bits per heavy atom. The van der Waals surface area contributed by atoms with Crippen LogP contribution >= 0.6 is 0 Å². The molecule has 0 unspecified atom stereocenters. The van der Waals surface area contributed by atoms with E-state index < -0.39 is 23.7 Å². The van der Waals surface area contributed by atoms with Gasteiger partial charge in [-0.1, -0.05) is 6.07 Å². The maximum atomic E-state index is 13.0. The van der Waals surface area contributed by atoms with Crippen LogP contribution in [0.25, 0.3) is 11.3 Å². The summed E-state index contributed by atoms with van der Waals surface area (Å²) in [7, 11) is 0. The molecule has 184 valence electrons. The van der Waals surface area contributed by atoms with Crippen molar-refractivity contribution in [2.24, 2.45) is 0 Å². The highest BCUT2D eigenvalue weighted by molar-refractivity contribution is 5.90. The molecule has 0 aliphatic heterocycles. The first-order valence-electron chi connectivity index (χ1n) is 11.0. The number of benzene rings is 2. The van der Waals surface area contributed by atoms with Crippen LogP contribution < -0.4 is 15.4 Å². The molecule has 3 N–H and O–H groups in total. The van der Waals surface area contributed by atoms with Gasteiger partial charge in [-0.05, 0) is 81.4 Å². The molecule has 3 rings (SSSR count). The van der Waals surface area contributed by atoms with Gasteiger partial charge in [0.1, 0.15) is 28.7 Å². The standard InChI is InChI=1S/C26H28FN3O5/c1-26(2,3)35-25(33)28-16-19(31)15-24(32)30-23-6-4-5-22(29-23)17-7-11-20(12-8-17)34-21-13-9-18(27)10-14-21/h4-14,19,31H,15-16H2,1-3H3,(H,28,33)(H,29,30,32)/t19-/m1/s1. The number of hydrogen-bond donors (Lipinski definition) is 3. The second kappa shape index (κ2) is 11.4. The molecular formula is C26H28FN3O5. The summed E-state index contributed by atoms with van der Waals surface area (Å²) in [4.78, 5) is 28.4. The first-order valence-corrected chi connectivity index (χ1v) is 11.0. The van der Waals surface area contributed by atoms with Crippen molar-refractivity contribution in [1.82, 2.24) is 10.3 Å². The lowest BCUT2D eigenvalue weighted by molar-refractivity contribution is -0.118. The number of amides is 2. The number of hydrogen-bond acceptors (Lipinski definition) is 6. The molecule has 1 aromatic heterocycles. The molecule has 0 saturated carbocycles. The van der Waals surface area contributed by atoms with Crippen LogP contribution in [-0.4, -0.2) is 40.3 Å². The largest absolute Gasteiger partial charge is 0.457 e. The van der Waals surface area contributed by atoms with Crippen LogP contribution in [0.5, 0.6) is 11.5 Å². The molecule has 2 aromatic carbocycles. The van der Waals surface area contributed by atoms with Gasteiger partial charge in [-0.2, -0.15) is 0 Å². The highest BCUT2D eigenvalue weighted by Crippen LogP contribution is 2.25. The van der Waals surface area contributed by atoms with Crippen molar-refractivity contribution < 1.29 is 28.6 Å². The molecule has 0 fully saturated rings. The Kier molecular flexibility index (Phi) is 8.38. The van der Waals surface area contributed by atoms with Crippen molar-refractivity contribution in [2.75, 3.05) is 11.9 Å². The zero-order valence-corrected chi connectivity index (χ0v) is 19.7. The molecule has 0 spiro atoms. The Morgan fingerprint density at radius 2 is 1.63 bits per heavy atom. The van der Waals surface area contributed by atoms with E-state index in [0.29, 0.717) is 23.0 Å². The molecule has 2 amide bonds. The molecule has 3 aromatic rings. The summed E-state index contributed by atoms with van der Waals surface area (Å²) in [5.41, 5.74) is 0.774. The summed E-state index contributed by atoms with van der Waals surface area (Å²) in [5, 5.41) is 15.1. The number of halogens is 1. The molecule has 0 aliphatic rings. The van der Waals surface area contributed by atoms with Gasteiger partial charge < -0.3 is 25.2 Å². The first-order chi connectivity index (χ1) is 16.6. The number of carbonyl (C=O) groups is 2. The Morgan fingerprint density at radius 3 is 2.26 bits per heavy atom. The van der Waals surface area contributed by atoms with Gasteiger partial charge in [0.15, 0.2) is 0 Å². The number of rotatable bonds is 8. The Labute approximate surface area is 203 Å². The number of aliphatic hydroxyl groups is 1. The van der Waals surface area contributed by atoms with Gasteiger partial charge in [-0.15, -0.1) is 0 Å². The van der Waals surface area contributed by atoms with Crippen LogP contribution in [0.15, 0.2) is 66.7 Å². The molecule has 8 nitrogen and oxygen atoms in total. The maximum Gasteiger partial charge on any atom is 0.407 e. The van der Waals surface area contributed by atoms with Crippen molar-refractivity contribution >= 4 is 17.8 Å². The topological polar surface area (TPSA) is 110 Å².